The van der Waals surface area contributed by atoms with Crippen molar-refractivity contribution in [1.82, 2.24) is 9.69 Å². The second-order valence-electron chi connectivity index (χ2n) is 4.61. The number of H-pyrrole nitrogens is 1. The number of aromatic amines is 1. The van der Waals surface area contributed by atoms with Gasteiger partial charge >= 0.3 is 6.18 Å². The molecule has 1 aromatic heterocycles. The molecule has 1 amide bonds. The molecule has 118 valence electrons. The number of aromatic nitrogens is 1. The van der Waals surface area contributed by atoms with E-state index in [1.54, 1.807) is 0 Å². The molecule has 2 N–H and O–H groups in total. The highest BCUT2D eigenvalue weighted by molar-refractivity contribution is 7.08. The fourth-order valence-corrected chi connectivity index (χ4v) is 2.96. The van der Waals surface area contributed by atoms with Gasteiger partial charge in [-0.15, -0.1) is 0 Å². The Balaban J connectivity index is 2.09. The lowest BCUT2D eigenvalue weighted by molar-refractivity contribution is -0.160. The molecule has 0 saturated carbocycles. The lowest BCUT2D eigenvalue weighted by atomic mass is 10.1. The average molecular weight is 345 g/mol. The fourth-order valence-electron chi connectivity index (χ4n) is 2.03. The molecule has 21 heavy (non-hydrogen) atoms. The highest BCUT2D eigenvalue weighted by Crippen LogP contribution is 2.28. The normalized spacial score (nSPS) is 20.5. The number of carbonyl (C=O) groups is 1. The van der Waals surface area contributed by atoms with Crippen LogP contribution in [0.3, 0.4) is 0 Å². The first-order valence-corrected chi connectivity index (χ1v) is 7.34. The zero-order valence-electron chi connectivity index (χ0n) is 10.6. The summed E-state index contributed by atoms with van der Waals surface area (Å²) >= 11 is 6.17. The van der Waals surface area contributed by atoms with Gasteiger partial charge in [-0.05, 0) is 12.8 Å². The number of nitrogens with one attached hydrogen (secondary N) is 2. The van der Waals surface area contributed by atoms with Crippen molar-refractivity contribution in [3.05, 3.63) is 20.3 Å². The molecule has 1 aromatic rings. The van der Waals surface area contributed by atoms with E-state index in [0.29, 0.717) is 31.0 Å². The van der Waals surface area contributed by atoms with Crippen LogP contribution in [0.25, 0.3) is 0 Å². The van der Waals surface area contributed by atoms with Crippen LogP contribution < -0.4 is 10.9 Å². The van der Waals surface area contributed by atoms with Gasteiger partial charge in [0, 0.05) is 13.0 Å². The van der Waals surface area contributed by atoms with E-state index >= 15 is 0 Å². The predicted octanol–water partition coefficient (Wildman–Crippen LogP) is 2.32. The fraction of sp³-hybridized carbons (Fsp3) is 0.636. The smallest absolute Gasteiger partial charge is 0.378 e. The van der Waals surface area contributed by atoms with Gasteiger partial charge in [0.25, 0.3) is 11.5 Å². The van der Waals surface area contributed by atoms with E-state index in [2.05, 4.69) is 4.37 Å². The van der Waals surface area contributed by atoms with Gasteiger partial charge in [0.15, 0.2) is 0 Å². The number of hydrogen-bond acceptors (Lipinski definition) is 4. The summed E-state index contributed by atoms with van der Waals surface area (Å²) in [7, 11) is 0. The van der Waals surface area contributed by atoms with Gasteiger partial charge in [0.1, 0.15) is 15.9 Å². The summed E-state index contributed by atoms with van der Waals surface area (Å²) < 4.78 is 46.3. The first-order chi connectivity index (χ1) is 9.79. The molecule has 5 nitrogen and oxygen atoms in total. The standard InChI is InChI=1S/C11H12ClF3N2O3S/c12-7-8(21-17-9(7)18)10(19)16-6(11(13,14)15)4-5-2-1-3-20-5/h5-6H,1-4H2,(H,16,19)(H,17,18). The minimum absolute atomic E-state index is 0.261. The quantitative estimate of drug-likeness (QED) is 0.880. The molecule has 1 aliphatic rings. The zero-order valence-corrected chi connectivity index (χ0v) is 12.2. The first kappa shape index (κ1) is 16.3. The van der Waals surface area contributed by atoms with E-state index in [4.69, 9.17) is 16.3 Å². The molecular weight excluding hydrogens is 333 g/mol. The van der Waals surface area contributed by atoms with E-state index in [1.165, 1.54) is 0 Å². The topological polar surface area (TPSA) is 71.2 Å². The Bertz CT molecular complexity index is 566. The van der Waals surface area contributed by atoms with Crippen molar-refractivity contribution in [1.29, 1.82) is 0 Å². The Kier molecular flexibility index (Phi) is 4.95. The van der Waals surface area contributed by atoms with Gasteiger partial charge in [0.05, 0.1) is 6.10 Å². The minimum atomic E-state index is -4.60. The summed E-state index contributed by atoms with van der Waals surface area (Å²) in [5.41, 5.74) is -0.700. The molecule has 2 unspecified atom stereocenters. The largest absolute Gasteiger partial charge is 0.408 e. The number of ether oxygens (including phenoxy) is 1. The monoisotopic (exact) mass is 344 g/mol. The van der Waals surface area contributed by atoms with Crippen LogP contribution in [0.15, 0.2) is 4.79 Å². The molecule has 0 radical (unpaired) electrons. The molecule has 1 saturated heterocycles. The molecule has 2 atom stereocenters. The maximum atomic E-state index is 13.0. The molecule has 2 rings (SSSR count). The Morgan fingerprint density at radius 1 is 1.57 bits per heavy atom. The summed E-state index contributed by atoms with van der Waals surface area (Å²) in [4.78, 5) is 22.7. The van der Waals surface area contributed by atoms with E-state index in [1.807, 2.05) is 5.32 Å². The molecule has 0 aromatic carbocycles. The maximum absolute atomic E-state index is 13.0. The molecule has 0 bridgehead atoms. The molecule has 2 heterocycles. The van der Waals surface area contributed by atoms with Crippen molar-refractivity contribution in [3.63, 3.8) is 0 Å². The van der Waals surface area contributed by atoms with Crippen molar-refractivity contribution in [2.45, 2.75) is 37.6 Å². The van der Waals surface area contributed by atoms with Crippen molar-refractivity contribution < 1.29 is 22.7 Å². The minimum Gasteiger partial charge on any atom is -0.378 e. The molecule has 10 heteroatoms. The van der Waals surface area contributed by atoms with Crippen LogP contribution in [-0.2, 0) is 4.74 Å². The van der Waals surface area contributed by atoms with Crippen molar-refractivity contribution in [2.75, 3.05) is 6.61 Å². The lowest BCUT2D eigenvalue weighted by Gasteiger charge is -2.23. The first-order valence-electron chi connectivity index (χ1n) is 6.15. The summed E-state index contributed by atoms with van der Waals surface area (Å²) in [5.74, 6) is -1.02. The number of amides is 1. The Hall–Kier alpha value is -1.06. The van der Waals surface area contributed by atoms with Gasteiger partial charge in [-0.3, -0.25) is 14.0 Å². The van der Waals surface area contributed by atoms with E-state index < -0.39 is 34.8 Å². The second-order valence-corrected chi connectivity index (χ2v) is 5.81. The van der Waals surface area contributed by atoms with Gasteiger partial charge in [0.2, 0.25) is 0 Å². The number of alkyl halides is 3. The molecule has 1 aliphatic heterocycles. The third-order valence-corrected chi connectivity index (χ3v) is 4.43. The van der Waals surface area contributed by atoms with Crippen molar-refractivity contribution >= 4 is 29.0 Å². The molecular formula is C11H12ClF3N2O3S. The van der Waals surface area contributed by atoms with Crippen LogP contribution in [0, 0.1) is 0 Å². The van der Waals surface area contributed by atoms with E-state index in [0.717, 1.165) is 0 Å². The van der Waals surface area contributed by atoms with Gasteiger partial charge < -0.3 is 10.1 Å². The Labute approximate surface area is 126 Å². The van der Waals surface area contributed by atoms with Crippen LogP contribution in [0.5, 0.6) is 0 Å². The average Bonchev–Trinajstić information content (AvgIpc) is 2.99. The third kappa shape index (κ3) is 3.98. The molecule has 1 fully saturated rings. The van der Waals surface area contributed by atoms with Crippen LogP contribution in [0.1, 0.15) is 28.9 Å². The van der Waals surface area contributed by atoms with Gasteiger partial charge in [-0.2, -0.15) is 13.2 Å². The molecule has 0 spiro atoms. The summed E-state index contributed by atoms with van der Waals surface area (Å²) in [6.07, 6.45) is -4.26. The maximum Gasteiger partial charge on any atom is 0.408 e. The van der Waals surface area contributed by atoms with E-state index in [-0.39, 0.29) is 11.3 Å². The van der Waals surface area contributed by atoms with Crippen LogP contribution in [0.2, 0.25) is 5.02 Å². The number of rotatable bonds is 4. The second kappa shape index (κ2) is 6.37. The van der Waals surface area contributed by atoms with Crippen LogP contribution >= 0.6 is 23.1 Å². The van der Waals surface area contributed by atoms with E-state index in [9.17, 15) is 22.8 Å². The predicted molar refractivity (Wildman–Crippen MR) is 70.8 cm³/mol. The Morgan fingerprint density at radius 3 is 2.76 bits per heavy atom. The number of hydrogen-bond donors (Lipinski definition) is 2. The Morgan fingerprint density at radius 2 is 2.29 bits per heavy atom. The van der Waals surface area contributed by atoms with Crippen molar-refractivity contribution in [3.8, 4) is 0 Å². The van der Waals surface area contributed by atoms with Crippen LogP contribution in [-0.4, -0.2) is 35.2 Å². The number of halogens is 4. The van der Waals surface area contributed by atoms with Gasteiger partial charge in [-0.1, -0.05) is 23.1 Å². The lowest BCUT2D eigenvalue weighted by Crippen LogP contribution is -2.47. The summed E-state index contributed by atoms with van der Waals surface area (Å²) in [5, 5.41) is 1.47. The zero-order chi connectivity index (χ0) is 15.6. The van der Waals surface area contributed by atoms with Crippen LogP contribution in [0.4, 0.5) is 13.2 Å². The SMILES string of the molecule is O=C(NC(CC1CCCO1)C(F)(F)F)c1s[nH]c(=O)c1Cl. The highest BCUT2D eigenvalue weighted by Gasteiger charge is 2.43. The van der Waals surface area contributed by atoms with Crippen molar-refractivity contribution in [2.24, 2.45) is 0 Å². The number of carbonyl (C=O) groups excluding carboxylic acids is 1. The highest BCUT2D eigenvalue weighted by atomic mass is 35.5. The third-order valence-electron chi connectivity index (χ3n) is 3.07. The summed E-state index contributed by atoms with van der Waals surface area (Å²) in [6, 6.07) is -2.04. The molecule has 0 aliphatic carbocycles. The van der Waals surface area contributed by atoms with Gasteiger partial charge in [-0.25, -0.2) is 0 Å². The summed E-state index contributed by atoms with van der Waals surface area (Å²) in [6.45, 7) is 0.425.